The van der Waals surface area contributed by atoms with Gasteiger partial charge in [-0.1, -0.05) is 12.1 Å². The zero-order valence-corrected chi connectivity index (χ0v) is 11.3. The number of hydrogen-bond acceptors (Lipinski definition) is 3. The maximum atomic E-state index is 9.23. The Morgan fingerprint density at radius 3 is 1.68 bits per heavy atom. The molecule has 0 heterocycles. The number of benzene rings is 2. The van der Waals surface area contributed by atoms with Crippen molar-refractivity contribution in [2.75, 3.05) is 5.32 Å². The lowest BCUT2D eigenvalue weighted by atomic mass is 10.1. The third kappa shape index (κ3) is 3.56. The van der Waals surface area contributed by atoms with Gasteiger partial charge in [0.05, 0.1) is 13.2 Å². The first-order chi connectivity index (χ1) is 9.10. The molecule has 0 aliphatic heterocycles. The quantitative estimate of drug-likeness (QED) is 0.789. The summed E-state index contributed by atoms with van der Waals surface area (Å²) in [7, 11) is 0. The molecule has 0 bridgehead atoms. The van der Waals surface area contributed by atoms with Gasteiger partial charge in [-0.3, -0.25) is 0 Å². The third-order valence-electron chi connectivity index (χ3n) is 2.93. The molecular weight excluding hydrogens is 238 g/mol. The van der Waals surface area contributed by atoms with Crippen LogP contribution in [0, 0.1) is 13.8 Å². The smallest absolute Gasteiger partial charge is 0.0682 e. The standard InChI is InChI=1S/C16H19NO2/c1-11-3-12(2)5-15(4-11)17-16-7-13(9-18)6-14(8-16)10-19/h3-8,17-19H,9-10H2,1-2H3. The maximum Gasteiger partial charge on any atom is 0.0682 e. The van der Waals surface area contributed by atoms with Crippen LogP contribution in [0.25, 0.3) is 0 Å². The fraction of sp³-hybridized carbons (Fsp3) is 0.250. The molecule has 0 aromatic heterocycles. The van der Waals surface area contributed by atoms with Gasteiger partial charge in [-0.15, -0.1) is 0 Å². The van der Waals surface area contributed by atoms with Crippen LogP contribution in [0.4, 0.5) is 11.4 Å². The molecule has 0 fully saturated rings. The summed E-state index contributed by atoms with van der Waals surface area (Å²) in [6, 6.07) is 11.8. The summed E-state index contributed by atoms with van der Waals surface area (Å²) in [5.74, 6) is 0. The Morgan fingerprint density at radius 2 is 1.21 bits per heavy atom. The van der Waals surface area contributed by atoms with E-state index in [1.54, 1.807) is 6.07 Å². The summed E-state index contributed by atoms with van der Waals surface area (Å²) in [5, 5.41) is 21.8. The first-order valence-corrected chi connectivity index (χ1v) is 6.30. The van der Waals surface area contributed by atoms with Crippen LogP contribution in [-0.2, 0) is 13.2 Å². The second-order valence-corrected chi connectivity index (χ2v) is 4.86. The topological polar surface area (TPSA) is 52.5 Å². The van der Waals surface area contributed by atoms with Crippen molar-refractivity contribution in [3.8, 4) is 0 Å². The second kappa shape index (κ2) is 5.87. The van der Waals surface area contributed by atoms with Crippen LogP contribution in [0.2, 0.25) is 0 Å². The predicted octanol–water partition coefficient (Wildman–Crippen LogP) is 3.03. The minimum absolute atomic E-state index is 0.0324. The Bertz CT molecular complexity index is 536. The molecule has 0 saturated heterocycles. The summed E-state index contributed by atoms with van der Waals surface area (Å²) in [6.45, 7) is 4.05. The van der Waals surface area contributed by atoms with Gasteiger partial charge < -0.3 is 15.5 Å². The van der Waals surface area contributed by atoms with Gasteiger partial charge in [0.1, 0.15) is 0 Å². The van der Waals surface area contributed by atoms with Gasteiger partial charge in [0.2, 0.25) is 0 Å². The molecule has 0 amide bonds. The molecule has 0 aliphatic rings. The highest BCUT2D eigenvalue weighted by molar-refractivity contribution is 5.62. The molecule has 3 heteroatoms. The Balaban J connectivity index is 2.31. The SMILES string of the molecule is Cc1cc(C)cc(Nc2cc(CO)cc(CO)c2)c1. The van der Waals surface area contributed by atoms with Crippen LogP contribution >= 0.6 is 0 Å². The normalized spacial score (nSPS) is 10.5. The number of nitrogens with one attached hydrogen (secondary N) is 1. The Labute approximate surface area is 113 Å². The number of aliphatic hydroxyl groups is 2. The first kappa shape index (κ1) is 13.6. The van der Waals surface area contributed by atoms with Crippen molar-refractivity contribution in [1.82, 2.24) is 0 Å². The van der Waals surface area contributed by atoms with E-state index in [1.165, 1.54) is 11.1 Å². The molecule has 3 N–H and O–H groups in total. The summed E-state index contributed by atoms with van der Waals surface area (Å²) in [5.41, 5.74) is 5.86. The van der Waals surface area contributed by atoms with Crippen LogP contribution in [0.3, 0.4) is 0 Å². The molecule has 2 rings (SSSR count). The lowest BCUT2D eigenvalue weighted by Crippen LogP contribution is -1.96. The van der Waals surface area contributed by atoms with Gasteiger partial charge in [-0.05, 0) is 60.4 Å². The average Bonchev–Trinajstić information content (AvgIpc) is 2.37. The van der Waals surface area contributed by atoms with Crippen LogP contribution in [0.5, 0.6) is 0 Å². The van der Waals surface area contributed by atoms with Gasteiger partial charge in [-0.2, -0.15) is 0 Å². The summed E-state index contributed by atoms with van der Waals surface area (Å²) in [6.07, 6.45) is 0. The molecule has 0 aliphatic carbocycles. The maximum absolute atomic E-state index is 9.23. The summed E-state index contributed by atoms with van der Waals surface area (Å²) >= 11 is 0. The third-order valence-corrected chi connectivity index (χ3v) is 2.93. The molecule has 19 heavy (non-hydrogen) atoms. The van der Waals surface area contributed by atoms with Crippen molar-refractivity contribution in [1.29, 1.82) is 0 Å². The van der Waals surface area contributed by atoms with Gasteiger partial charge in [0, 0.05) is 11.4 Å². The van der Waals surface area contributed by atoms with Crippen molar-refractivity contribution < 1.29 is 10.2 Å². The zero-order chi connectivity index (χ0) is 13.8. The fourth-order valence-corrected chi connectivity index (χ4v) is 2.23. The van der Waals surface area contributed by atoms with Gasteiger partial charge >= 0.3 is 0 Å². The van der Waals surface area contributed by atoms with Crippen molar-refractivity contribution in [2.24, 2.45) is 0 Å². The average molecular weight is 257 g/mol. The van der Waals surface area contributed by atoms with E-state index in [9.17, 15) is 10.2 Å². The van der Waals surface area contributed by atoms with E-state index < -0.39 is 0 Å². The van der Waals surface area contributed by atoms with Crippen LogP contribution in [0.15, 0.2) is 36.4 Å². The van der Waals surface area contributed by atoms with Gasteiger partial charge in [0.25, 0.3) is 0 Å². The number of anilines is 2. The predicted molar refractivity (Wildman–Crippen MR) is 77.5 cm³/mol. The molecule has 0 radical (unpaired) electrons. The number of aliphatic hydroxyl groups excluding tert-OH is 2. The van der Waals surface area contributed by atoms with E-state index >= 15 is 0 Å². The molecule has 3 nitrogen and oxygen atoms in total. The molecule has 2 aromatic rings. The Hall–Kier alpha value is -1.84. The number of aryl methyl sites for hydroxylation is 2. The lowest BCUT2D eigenvalue weighted by molar-refractivity contribution is 0.275. The fourth-order valence-electron chi connectivity index (χ4n) is 2.23. The molecule has 0 spiro atoms. The van der Waals surface area contributed by atoms with E-state index in [1.807, 2.05) is 12.1 Å². The monoisotopic (exact) mass is 257 g/mol. The minimum atomic E-state index is -0.0324. The van der Waals surface area contributed by atoms with E-state index in [-0.39, 0.29) is 13.2 Å². The van der Waals surface area contributed by atoms with Gasteiger partial charge in [-0.25, -0.2) is 0 Å². The van der Waals surface area contributed by atoms with Crippen LogP contribution in [0.1, 0.15) is 22.3 Å². The van der Waals surface area contributed by atoms with Crippen molar-refractivity contribution in [2.45, 2.75) is 27.1 Å². The molecule has 0 atom stereocenters. The van der Waals surface area contributed by atoms with Crippen LogP contribution in [-0.4, -0.2) is 10.2 Å². The largest absolute Gasteiger partial charge is 0.392 e. The van der Waals surface area contributed by atoms with E-state index in [2.05, 4.69) is 37.4 Å². The minimum Gasteiger partial charge on any atom is -0.392 e. The molecular formula is C16H19NO2. The van der Waals surface area contributed by atoms with Crippen molar-refractivity contribution in [3.05, 3.63) is 58.7 Å². The molecule has 100 valence electrons. The van der Waals surface area contributed by atoms with Crippen LogP contribution < -0.4 is 5.32 Å². The van der Waals surface area contributed by atoms with E-state index in [0.717, 1.165) is 22.5 Å². The first-order valence-electron chi connectivity index (χ1n) is 6.30. The Morgan fingerprint density at radius 1 is 0.737 bits per heavy atom. The van der Waals surface area contributed by atoms with Crippen molar-refractivity contribution in [3.63, 3.8) is 0 Å². The lowest BCUT2D eigenvalue weighted by Gasteiger charge is -2.11. The highest BCUT2D eigenvalue weighted by Crippen LogP contribution is 2.22. The van der Waals surface area contributed by atoms with Gasteiger partial charge in [0.15, 0.2) is 0 Å². The van der Waals surface area contributed by atoms with Crippen molar-refractivity contribution >= 4 is 11.4 Å². The number of rotatable bonds is 4. The highest BCUT2D eigenvalue weighted by atomic mass is 16.3. The highest BCUT2D eigenvalue weighted by Gasteiger charge is 2.02. The summed E-state index contributed by atoms with van der Waals surface area (Å²) in [4.78, 5) is 0. The molecule has 0 unspecified atom stereocenters. The van der Waals surface area contributed by atoms with E-state index in [4.69, 9.17) is 0 Å². The second-order valence-electron chi connectivity index (χ2n) is 4.86. The Kier molecular flexibility index (Phi) is 4.20. The summed E-state index contributed by atoms with van der Waals surface area (Å²) < 4.78 is 0. The zero-order valence-electron chi connectivity index (χ0n) is 11.3. The molecule has 0 saturated carbocycles. The molecule has 2 aromatic carbocycles. The number of hydrogen-bond donors (Lipinski definition) is 3. The van der Waals surface area contributed by atoms with E-state index in [0.29, 0.717) is 0 Å².